The SMILES string of the molecule is CCOCONc1cc2c(=O)c(C(=O)O)cn(CC)c2s1. The number of nitrogens with zero attached hydrogens (tertiary/aromatic N) is 1. The van der Waals surface area contributed by atoms with Gasteiger partial charge in [-0.3, -0.25) is 10.3 Å². The number of thiophene rings is 1. The fourth-order valence-corrected chi connectivity index (χ4v) is 2.89. The van der Waals surface area contributed by atoms with E-state index < -0.39 is 11.4 Å². The van der Waals surface area contributed by atoms with Crippen molar-refractivity contribution in [1.29, 1.82) is 0 Å². The minimum atomic E-state index is -1.22. The van der Waals surface area contributed by atoms with Gasteiger partial charge >= 0.3 is 5.97 Å². The molecule has 0 fully saturated rings. The van der Waals surface area contributed by atoms with Crippen molar-refractivity contribution in [2.24, 2.45) is 0 Å². The van der Waals surface area contributed by atoms with E-state index in [0.717, 1.165) is 0 Å². The first-order valence-electron chi connectivity index (χ1n) is 6.44. The van der Waals surface area contributed by atoms with Crippen LogP contribution in [0, 0.1) is 0 Å². The molecule has 2 N–H and O–H groups in total. The molecule has 2 aromatic heterocycles. The van der Waals surface area contributed by atoms with Gasteiger partial charge in [0.05, 0.1) is 5.39 Å². The molecule has 0 aromatic carbocycles. The Hall–Kier alpha value is -1.90. The van der Waals surface area contributed by atoms with Gasteiger partial charge in [-0.25, -0.2) is 9.63 Å². The Morgan fingerprint density at radius 1 is 1.48 bits per heavy atom. The molecule has 2 rings (SSSR count). The van der Waals surface area contributed by atoms with E-state index >= 15 is 0 Å². The lowest BCUT2D eigenvalue weighted by atomic mass is 10.2. The Kier molecular flexibility index (Phi) is 4.94. The third-order valence-electron chi connectivity index (χ3n) is 2.84. The van der Waals surface area contributed by atoms with Crippen molar-refractivity contribution >= 4 is 32.5 Å². The second-order valence-corrected chi connectivity index (χ2v) is 5.18. The molecule has 0 saturated carbocycles. The number of aryl methyl sites for hydroxylation is 1. The lowest BCUT2D eigenvalue weighted by Crippen LogP contribution is -2.17. The summed E-state index contributed by atoms with van der Waals surface area (Å²) in [4.78, 5) is 29.1. The number of hydrogen-bond donors (Lipinski definition) is 2. The molecule has 2 aromatic rings. The number of rotatable bonds is 7. The number of nitrogens with one attached hydrogen (secondary N) is 1. The molecule has 0 radical (unpaired) electrons. The molecule has 8 heteroatoms. The highest BCUT2D eigenvalue weighted by Crippen LogP contribution is 2.28. The normalized spacial score (nSPS) is 11.0. The first-order chi connectivity index (χ1) is 10.1. The predicted octanol–water partition coefficient (Wildman–Crippen LogP) is 2.12. The molecule has 21 heavy (non-hydrogen) atoms. The molecule has 7 nitrogen and oxygen atoms in total. The number of carbonyl (C=O) groups is 1. The Labute approximate surface area is 124 Å². The molecule has 0 amide bonds. The number of pyridine rings is 1. The van der Waals surface area contributed by atoms with Gasteiger partial charge in [0.15, 0.2) is 6.79 Å². The highest BCUT2D eigenvalue weighted by molar-refractivity contribution is 7.22. The van der Waals surface area contributed by atoms with Crippen molar-refractivity contribution in [1.82, 2.24) is 4.57 Å². The molecule has 0 aliphatic rings. The van der Waals surface area contributed by atoms with Crippen LogP contribution >= 0.6 is 11.3 Å². The highest BCUT2D eigenvalue weighted by Gasteiger charge is 2.16. The summed E-state index contributed by atoms with van der Waals surface area (Å²) in [5, 5.41) is 10.1. The summed E-state index contributed by atoms with van der Waals surface area (Å²) < 4.78 is 6.76. The van der Waals surface area contributed by atoms with Gasteiger partial charge < -0.3 is 14.4 Å². The molecule has 0 saturated heterocycles. The summed E-state index contributed by atoms with van der Waals surface area (Å²) in [6, 6.07) is 1.59. The maximum Gasteiger partial charge on any atom is 0.341 e. The van der Waals surface area contributed by atoms with E-state index in [4.69, 9.17) is 14.7 Å². The minimum Gasteiger partial charge on any atom is -0.477 e. The lowest BCUT2D eigenvalue weighted by Gasteiger charge is -2.05. The number of fused-ring (bicyclic) bond motifs is 1. The number of ether oxygens (including phenoxy) is 1. The van der Waals surface area contributed by atoms with Gasteiger partial charge in [0.2, 0.25) is 5.43 Å². The molecule has 0 aliphatic carbocycles. The average Bonchev–Trinajstić information content (AvgIpc) is 2.88. The Morgan fingerprint density at radius 2 is 2.24 bits per heavy atom. The van der Waals surface area contributed by atoms with Crippen LogP contribution in [0.25, 0.3) is 10.2 Å². The van der Waals surface area contributed by atoms with Crippen molar-refractivity contribution < 1.29 is 19.5 Å². The predicted molar refractivity (Wildman–Crippen MR) is 79.9 cm³/mol. The maximum atomic E-state index is 12.1. The summed E-state index contributed by atoms with van der Waals surface area (Å²) in [5.41, 5.74) is 1.97. The van der Waals surface area contributed by atoms with Gasteiger partial charge in [0.1, 0.15) is 15.4 Å². The van der Waals surface area contributed by atoms with Crippen LogP contribution in [0.1, 0.15) is 24.2 Å². The molecular weight excluding hydrogens is 296 g/mol. The van der Waals surface area contributed by atoms with Gasteiger partial charge in [-0.05, 0) is 19.9 Å². The van der Waals surface area contributed by atoms with E-state index in [1.54, 1.807) is 10.6 Å². The Morgan fingerprint density at radius 3 is 2.86 bits per heavy atom. The van der Waals surface area contributed by atoms with Crippen molar-refractivity contribution in [3.8, 4) is 0 Å². The number of anilines is 1. The fraction of sp³-hybridized carbons (Fsp3) is 0.385. The van der Waals surface area contributed by atoms with Crippen LogP contribution in [-0.2, 0) is 16.1 Å². The molecule has 0 bridgehead atoms. The van der Waals surface area contributed by atoms with Crippen LogP contribution in [0.15, 0.2) is 17.1 Å². The second kappa shape index (κ2) is 6.70. The summed E-state index contributed by atoms with van der Waals surface area (Å²) in [6.07, 6.45) is 1.37. The molecule has 0 aliphatic heterocycles. The zero-order valence-corrected chi connectivity index (χ0v) is 12.5. The van der Waals surface area contributed by atoms with Crippen LogP contribution in [0.3, 0.4) is 0 Å². The Balaban J connectivity index is 2.39. The zero-order valence-electron chi connectivity index (χ0n) is 11.7. The first kappa shape index (κ1) is 15.5. The first-order valence-corrected chi connectivity index (χ1v) is 7.26. The van der Waals surface area contributed by atoms with E-state index in [1.165, 1.54) is 17.5 Å². The molecular formula is C13H16N2O5S. The highest BCUT2D eigenvalue weighted by atomic mass is 32.1. The average molecular weight is 312 g/mol. The van der Waals surface area contributed by atoms with E-state index in [0.29, 0.717) is 28.4 Å². The standard InChI is InChI=1S/C13H16N2O5S/c1-3-15-6-9(13(17)18)11(16)8-5-10(21-12(8)15)14-20-7-19-4-2/h5-6,14H,3-4,7H2,1-2H3,(H,17,18). The van der Waals surface area contributed by atoms with Crippen LogP contribution in [0.4, 0.5) is 5.00 Å². The van der Waals surface area contributed by atoms with Crippen LogP contribution < -0.4 is 10.9 Å². The second-order valence-electron chi connectivity index (χ2n) is 4.15. The zero-order chi connectivity index (χ0) is 15.4. The van der Waals surface area contributed by atoms with Gasteiger partial charge in [-0.2, -0.15) is 0 Å². The van der Waals surface area contributed by atoms with Crippen molar-refractivity contribution in [2.45, 2.75) is 20.4 Å². The van der Waals surface area contributed by atoms with E-state index in [9.17, 15) is 9.59 Å². The molecule has 114 valence electrons. The number of carboxylic acid groups (broad SMARTS) is 1. The van der Waals surface area contributed by atoms with Crippen LogP contribution in [-0.4, -0.2) is 29.0 Å². The monoisotopic (exact) mass is 312 g/mol. The van der Waals surface area contributed by atoms with Gasteiger partial charge in [0.25, 0.3) is 0 Å². The summed E-state index contributed by atoms with van der Waals surface area (Å²) >= 11 is 1.32. The van der Waals surface area contributed by atoms with Crippen molar-refractivity contribution in [3.63, 3.8) is 0 Å². The van der Waals surface area contributed by atoms with E-state index in [2.05, 4.69) is 5.48 Å². The van der Waals surface area contributed by atoms with Crippen molar-refractivity contribution in [3.05, 3.63) is 28.0 Å². The van der Waals surface area contributed by atoms with Crippen LogP contribution in [0.2, 0.25) is 0 Å². The molecule has 2 heterocycles. The third-order valence-corrected chi connectivity index (χ3v) is 3.91. The summed E-state index contributed by atoms with van der Waals surface area (Å²) in [7, 11) is 0. The number of aromatic nitrogens is 1. The number of carboxylic acids is 1. The maximum absolute atomic E-state index is 12.1. The van der Waals surface area contributed by atoms with Crippen molar-refractivity contribution in [2.75, 3.05) is 18.9 Å². The molecule has 0 atom stereocenters. The van der Waals surface area contributed by atoms with Crippen LogP contribution in [0.5, 0.6) is 0 Å². The smallest absolute Gasteiger partial charge is 0.341 e. The number of hydrogen-bond acceptors (Lipinski definition) is 6. The van der Waals surface area contributed by atoms with E-state index in [1.807, 2.05) is 13.8 Å². The molecule has 0 unspecified atom stereocenters. The lowest BCUT2D eigenvalue weighted by molar-refractivity contribution is -0.0256. The summed E-state index contributed by atoms with van der Waals surface area (Å²) in [5.74, 6) is -1.22. The van der Waals surface area contributed by atoms with Gasteiger partial charge in [-0.15, -0.1) is 0 Å². The topological polar surface area (TPSA) is 89.8 Å². The van der Waals surface area contributed by atoms with E-state index in [-0.39, 0.29) is 12.4 Å². The van der Waals surface area contributed by atoms with Gasteiger partial charge in [-0.1, -0.05) is 11.3 Å². The third kappa shape index (κ3) is 3.23. The summed E-state index contributed by atoms with van der Waals surface area (Å²) in [6.45, 7) is 4.93. The largest absolute Gasteiger partial charge is 0.477 e. The molecule has 0 spiro atoms. The Bertz CT molecular complexity index is 706. The quantitative estimate of drug-likeness (QED) is 0.462. The fourth-order valence-electron chi connectivity index (χ4n) is 1.84. The number of aromatic carboxylic acids is 1. The van der Waals surface area contributed by atoms with Gasteiger partial charge in [0, 0.05) is 19.3 Å². The minimum absolute atomic E-state index is 0.0864.